The van der Waals surface area contributed by atoms with Crippen molar-refractivity contribution in [1.29, 1.82) is 0 Å². The Balaban J connectivity index is 2.73. The lowest BCUT2D eigenvalue weighted by molar-refractivity contribution is -0.140. The summed E-state index contributed by atoms with van der Waals surface area (Å²) in [7, 11) is 1.42. The van der Waals surface area contributed by atoms with Crippen molar-refractivity contribution in [3.8, 4) is 16.9 Å². The maximum absolute atomic E-state index is 14.3. The Kier molecular flexibility index (Phi) is 5.18. The number of hydrogen-bond donors (Lipinski definition) is 1. The zero-order valence-corrected chi connectivity index (χ0v) is 13.5. The molecule has 2 rings (SSSR count). The van der Waals surface area contributed by atoms with Crippen LogP contribution in [0.1, 0.15) is 36.5 Å². The Morgan fingerprint density at radius 1 is 1.08 bits per heavy atom. The van der Waals surface area contributed by atoms with Gasteiger partial charge in [0, 0.05) is 11.1 Å². The van der Waals surface area contributed by atoms with E-state index in [1.165, 1.54) is 13.2 Å². The highest BCUT2D eigenvalue weighted by Crippen LogP contribution is 2.40. The quantitative estimate of drug-likeness (QED) is 0.780. The van der Waals surface area contributed by atoms with Crippen molar-refractivity contribution in [2.24, 2.45) is 0 Å². The van der Waals surface area contributed by atoms with Crippen LogP contribution in [0.25, 0.3) is 11.1 Å². The van der Waals surface area contributed by atoms with Gasteiger partial charge in [-0.05, 0) is 35.2 Å². The molecule has 0 aliphatic rings. The fourth-order valence-corrected chi connectivity index (χ4v) is 2.54. The molecular weight excluding hydrogens is 324 g/mol. The van der Waals surface area contributed by atoms with Gasteiger partial charge in [0.05, 0.1) is 19.3 Å². The zero-order valence-electron chi connectivity index (χ0n) is 13.5. The maximum atomic E-state index is 14.3. The van der Waals surface area contributed by atoms with E-state index in [2.05, 4.69) is 0 Å². The summed E-state index contributed by atoms with van der Waals surface area (Å²) < 4.78 is 58.1. The van der Waals surface area contributed by atoms with Gasteiger partial charge in [-0.2, -0.15) is 13.2 Å². The van der Waals surface area contributed by atoms with Crippen LogP contribution in [0.4, 0.5) is 17.6 Å². The first-order valence-electron chi connectivity index (χ1n) is 7.38. The summed E-state index contributed by atoms with van der Waals surface area (Å²) >= 11 is 0. The minimum absolute atomic E-state index is 0.173. The fraction of sp³-hybridized carbons (Fsp3) is 0.333. The topological polar surface area (TPSA) is 29.5 Å². The minimum Gasteiger partial charge on any atom is -0.496 e. The lowest BCUT2D eigenvalue weighted by Crippen LogP contribution is -2.11. The van der Waals surface area contributed by atoms with Crippen molar-refractivity contribution in [2.75, 3.05) is 7.11 Å². The Hall–Kier alpha value is -2.08. The van der Waals surface area contributed by atoms with E-state index in [0.29, 0.717) is 17.4 Å². The molecule has 6 heteroatoms. The summed E-state index contributed by atoms with van der Waals surface area (Å²) in [5.74, 6) is -0.890. The Labute approximate surface area is 137 Å². The van der Waals surface area contributed by atoms with Crippen molar-refractivity contribution < 1.29 is 27.4 Å². The molecule has 0 atom stereocenters. The molecule has 1 N–H and O–H groups in total. The number of ether oxygens (including phenoxy) is 1. The number of hydrogen-bond acceptors (Lipinski definition) is 2. The summed E-state index contributed by atoms with van der Waals surface area (Å²) in [5, 5.41) is 9.44. The highest BCUT2D eigenvalue weighted by atomic mass is 19.4. The van der Waals surface area contributed by atoms with E-state index >= 15 is 0 Å². The third kappa shape index (κ3) is 3.38. The van der Waals surface area contributed by atoms with E-state index in [0.717, 1.165) is 5.56 Å². The Morgan fingerprint density at radius 2 is 1.75 bits per heavy atom. The largest absolute Gasteiger partial charge is 0.496 e. The van der Waals surface area contributed by atoms with E-state index in [-0.39, 0.29) is 11.5 Å². The van der Waals surface area contributed by atoms with E-state index in [1.807, 2.05) is 19.9 Å². The number of alkyl halides is 3. The van der Waals surface area contributed by atoms with Crippen LogP contribution in [-0.4, -0.2) is 12.2 Å². The highest BCUT2D eigenvalue weighted by molar-refractivity contribution is 5.75. The number of halogens is 4. The van der Waals surface area contributed by atoms with Gasteiger partial charge >= 0.3 is 6.18 Å². The fourth-order valence-electron chi connectivity index (χ4n) is 2.54. The molecule has 2 nitrogen and oxygen atoms in total. The molecule has 0 aliphatic carbocycles. The van der Waals surface area contributed by atoms with Crippen molar-refractivity contribution in [2.45, 2.75) is 32.5 Å². The van der Waals surface area contributed by atoms with E-state index in [4.69, 9.17) is 4.74 Å². The molecule has 0 aromatic heterocycles. The normalized spacial score (nSPS) is 11.9. The van der Waals surface area contributed by atoms with Gasteiger partial charge in [0.2, 0.25) is 0 Å². The summed E-state index contributed by atoms with van der Waals surface area (Å²) in [5.41, 5.74) is -0.240. The van der Waals surface area contributed by atoms with Crippen molar-refractivity contribution in [1.82, 2.24) is 0 Å². The number of methoxy groups -OCH3 is 1. The maximum Gasteiger partial charge on any atom is 0.419 e. The van der Waals surface area contributed by atoms with Gasteiger partial charge in [-0.25, -0.2) is 4.39 Å². The van der Waals surface area contributed by atoms with Gasteiger partial charge in [0.15, 0.2) is 0 Å². The number of aliphatic hydroxyl groups is 1. The van der Waals surface area contributed by atoms with Crippen LogP contribution >= 0.6 is 0 Å². The third-order valence-corrected chi connectivity index (χ3v) is 3.89. The van der Waals surface area contributed by atoms with Crippen LogP contribution in [0.3, 0.4) is 0 Å². The molecule has 0 bridgehead atoms. The van der Waals surface area contributed by atoms with Gasteiger partial charge in [-0.3, -0.25) is 0 Å². The van der Waals surface area contributed by atoms with Crippen LogP contribution in [-0.2, 0) is 12.8 Å². The molecule has 0 radical (unpaired) electrons. The van der Waals surface area contributed by atoms with E-state index in [1.54, 1.807) is 12.1 Å². The third-order valence-electron chi connectivity index (χ3n) is 3.89. The van der Waals surface area contributed by atoms with Crippen LogP contribution < -0.4 is 4.74 Å². The molecule has 0 aliphatic heterocycles. The Morgan fingerprint density at radius 3 is 2.25 bits per heavy atom. The van der Waals surface area contributed by atoms with Gasteiger partial charge < -0.3 is 9.84 Å². The molecule has 2 aromatic carbocycles. The molecule has 24 heavy (non-hydrogen) atoms. The first-order chi connectivity index (χ1) is 11.2. The first-order valence-corrected chi connectivity index (χ1v) is 7.38. The number of rotatable bonds is 4. The molecule has 0 spiro atoms. The predicted molar refractivity (Wildman–Crippen MR) is 83.4 cm³/mol. The average molecular weight is 342 g/mol. The number of aliphatic hydroxyl groups excluding tert-OH is 1. The summed E-state index contributed by atoms with van der Waals surface area (Å²) in [6.45, 7) is 3.08. The van der Waals surface area contributed by atoms with Gasteiger partial charge in [-0.15, -0.1) is 0 Å². The lowest BCUT2D eigenvalue weighted by atomic mass is 9.92. The smallest absolute Gasteiger partial charge is 0.419 e. The summed E-state index contributed by atoms with van der Waals surface area (Å²) in [4.78, 5) is 0. The SMILES string of the molecule is COc1ccc(C(C)C)cc1-c1ccc(C(F)(F)F)c(F)c1CO. The molecule has 0 unspecified atom stereocenters. The standard InChI is InChI=1S/C18H18F4O2/c1-10(2)11-4-7-16(24-3)13(8-11)12-5-6-15(18(20,21)22)17(19)14(12)9-23/h4-8,10,23H,9H2,1-3H3. The van der Waals surface area contributed by atoms with Crippen molar-refractivity contribution in [3.05, 3.63) is 52.8 Å². The molecule has 0 saturated carbocycles. The molecule has 0 fully saturated rings. The van der Waals surface area contributed by atoms with E-state index < -0.39 is 29.7 Å². The molecular formula is C18H18F4O2. The van der Waals surface area contributed by atoms with Gasteiger partial charge in [0.1, 0.15) is 11.6 Å². The van der Waals surface area contributed by atoms with Crippen molar-refractivity contribution in [3.63, 3.8) is 0 Å². The summed E-state index contributed by atoms with van der Waals surface area (Å²) in [6.07, 6.45) is -4.82. The van der Waals surface area contributed by atoms with Crippen molar-refractivity contribution >= 4 is 0 Å². The molecule has 0 amide bonds. The second kappa shape index (κ2) is 6.81. The zero-order chi connectivity index (χ0) is 18.1. The molecule has 2 aromatic rings. The van der Waals surface area contributed by atoms with Crippen LogP contribution in [0.5, 0.6) is 5.75 Å². The molecule has 0 saturated heterocycles. The predicted octanol–water partition coefficient (Wildman–Crippen LogP) is 5.14. The van der Waals surface area contributed by atoms with Crippen LogP contribution in [0.2, 0.25) is 0 Å². The van der Waals surface area contributed by atoms with E-state index in [9.17, 15) is 22.7 Å². The molecule has 0 heterocycles. The lowest BCUT2D eigenvalue weighted by Gasteiger charge is -2.18. The van der Waals surface area contributed by atoms with Crippen LogP contribution in [0.15, 0.2) is 30.3 Å². The second-order valence-corrected chi connectivity index (χ2v) is 5.72. The highest BCUT2D eigenvalue weighted by Gasteiger charge is 2.35. The minimum atomic E-state index is -4.82. The second-order valence-electron chi connectivity index (χ2n) is 5.72. The average Bonchev–Trinajstić information content (AvgIpc) is 2.52. The molecule has 130 valence electrons. The monoisotopic (exact) mass is 342 g/mol. The van der Waals surface area contributed by atoms with Gasteiger partial charge in [0.25, 0.3) is 0 Å². The Bertz CT molecular complexity index is 737. The van der Waals surface area contributed by atoms with Crippen LogP contribution in [0, 0.1) is 5.82 Å². The van der Waals surface area contributed by atoms with Gasteiger partial charge in [-0.1, -0.05) is 26.0 Å². The summed E-state index contributed by atoms with van der Waals surface area (Å²) in [6, 6.07) is 7.11. The first kappa shape index (κ1) is 18.3. The number of benzene rings is 2.